The molecule has 1 aliphatic heterocycles. The lowest BCUT2D eigenvalue weighted by atomic mass is 9.99. The molecule has 11 nitrogen and oxygen atoms in total. The first kappa shape index (κ1) is 27.0. The van der Waals surface area contributed by atoms with Crippen LogP contribution in [0.3, 0.4) is 0 Å². The van der Waals surface area contributed by atoms with Crippen LogP contribution in [0.5, 0.6) is 0 Å². The summed E-state index contributed by atoms with van der Waals surface area (Å²) in [5.41, 5.74) is 2.85. The van der Waals surface area contributed by atoms with E-state index in [0.29, 0.717) is 54.5 Å². The first-order valence-electron chi connectivity index (χ1n) is 13.4. The molecule has 0 saturated heterocycles. The van der Waals surface area contributed by atoms with Gasteiger partial charge in [0.25, 0.3) is 5.56 Å². The highest BCUT2D eigenvalue weighted by molar-refractivity contribution is 5.94. The Labute approximate surface area is 231 Å². The summed E-state index contributed by atoms with van der Waals surface area (Å²) in [5.74, 6) is 0.641. The molecule has 4 heterocycles. The van der Waals surface area contributed by atoms with Crippen molar-refractivity contribution in [3.8, 4) is 5.82 Å². The van der Waals surface area contributed by atoms with Gasteiger partial charge in [-0.05, 0) is 69.5 Å². The summed E-state index contributed by atoms with van der Waals surface area (Å²) in [6, 6.07) is 11.1. The maximum atomic E-state index is 13.1. The molecule has 1 aromatic carbocycles. The van der Waals surface area contributed by atoms with Gasteiger partial charge < -0.3 is 15.0 Å². The van der Waals surface area contributed by atoms with Gasteiger partial charge in [-0.1, -0.05) is 19.1 Å². The number of anilines is 2. The summed E-state index contributed by atoms with van der Waals surface area (Å²) >= 11 is 0. The van der Waals surface area contributed by atoms with E-state index in [0.717, 1.165) is 17.7 Å². The molecule has 1 amide bonds. The second-order valence-corrected chi connectivity index (χ2v) is 10.7. The minimum atomic E-state index is -0.559. The molecule has 40 heavy (non-hydrogen) atoms. The lowest BCUT2D eigenvalue weighted by molar-refractivity contribution is 0.0224. The minimum Gasteiger partial charge on any atom is -0.444 e. The van der Waals surface area contributed by atoms with Crippen LogP contribution in [-0.2, 0) is 24.2 Å². The Kier molecular flexibility index (Phi) is 7.14. The number of Topliss-reactive ketones (excluding diaryl/α,β-unsaturated/α-hetero) is 1. The number of carbonyl (C=O) groups is 2. The molecule has 1 aliphatic rings. The van der Waals surface area contributed by atoms with Crippen molar-refractivity contribution >= 4 is 34.5 Å². The van der Waals surface area contributed by atoms with Crippen molar-refractivity contribution in [1.29, 1.82) is 0 Å². The van der Waals surface area contributed by atoms with Crippen LogP contribution in [0.15, 0.2) is 47.4 Å². The summed E-state index contributed by atoms with van der Waals surface area (Å²) in [7, 11) is 0. The van der Waals surface area contributed by atoms with Gasteiger partial charge in [-0.2, -0.15) is 4.98 Å². The highest BCUT2D eigenvalue weighted by Gasteiger charge is 2.26. The molecule has 3 aromatic heterocycles. The second kappa shape index (κ2) is 10.6. The first-order valence-corrected chi connectivity index (χ1v) is 13.4. The molecule has 0 radical (unpaired) electrons. The molecule has 11 heteroatoms. The predicted octanol–water partition coefficient (Wildman–Crippen LogP) is 4.63. The molecule has 0 fully saturated rings. The molecule has 0 spiro atoms. The van der Waals surface area contributed by atoms with Gasteiger partial charge in [-0.15, -0.1) is 0 Å². The van der Waals surface area contributed by atoms with Gasteiger partial charge >= 0.3 is 6.09 Å². The zero-order valence-electron chi connectivity index (χ0n) is 23.4. The van der Waals surface area contributed by atoms with Gasteiger partial charge in [-0.3, -0.25) is 9.59 Å². The summed E-state index contributed by atoms with van der Waals surface area (Å²) in [6.07, 6.45) is 2.23. The fourth-order valence-electron chi connectivity index (χ4n) is 4.73. The number of aromatic nitrogens is 5. The van der Waals surface area contributed by atoms with E-state index in [1.165, 1.54) is 16.4 Å². The van der Waals surface area contributed by atoms with E-state index in [2.05, 4.69) is 20.3 Å². The normalized spacial score (nSPS) is 13.3. The number of amides is 1. The zero-order valence-corrected chi connectivity index (χ0v) is 23.4. The van der Waals surface area contributed by atoms with E-state index in [9.17, 15) is 14.4 Å². The molecule has 0 unspecified atom stereocenters. The van der Waals surface area contributed by atoms with Crippen molar-refractivity contribution in [1.82, 2.24) is 29.2 Å². The molecular formula is C29H33N7O4. The number of benzene rings is 1. The van der Waals surface area contributed by atoms with E-state index in [1.807, 2.05) is 45.9 Å². The Morgan fingerprint density at radius 1 is 1.07 bits per heavy atom. The van der Waals surface area contributed by atoms with Crippen LogP contribution in [-0.4, -0.2) is 53.2 Å². The Morgan fingerprint density at radius 2 is 1.88 bits per heavy atom. The molecule has 1 N–H and O–H groups in total. The first-order chi connectivity index (χ1) is 19.1. The van der Waals surface area contributed by atoms with E-state index in [-0.39, 0.29) is 17.4 Å². The molecule has 0 aliphatic carbocycles. The lowest BCUT2D eigenvalue weighted by Crippen LogP contribution is -2.39. The number of ketones is 1. The Morgan fingerprint density at radius 3 is 2.60 bits per heavy atom. The summed E-state index contributed by atoms with van der Waals surface area (Å²) in [6.45, 7) is 10.6. The van der Waals surface area contributed by atoms with Gasteiger partial charge in [0, 0.05) is 37.9 Å². The van der Waals surface area contributed by atoms with Crippen molar-refractivity contribution in [3.63, 3.8) is 0 Å². The van der Waals surface area contributed by atoms with E-state index < -0.39 is 5.60 Å². The second-order valence-electron chi connectivity index (χ2n) is 10.7. The van der Waals surface area contributed by atoms with Crippen LogP contribution >= 0.6 is 0 Å². The highest BCUT2D eigenvalue weighted by atomic mass is 16.6. The minimum absolute atomic E-state index is 0.0849. The number of pyridine rings is 1. The number of nitrogens with zero attached hydrogens (tertiary/aromatic N) is 6. The van der Waals surface area contributed by atoms with Gasteiger partial charge in [-0.25, -0.2) is 24.1 Å². The monoisotopic (exact) mass is 543 g/mol. The van der Waals surface area contributed by atoms with Crippen LogP contribution < -0.4 is 10.9 Å². The molecule has 0 bridgehead atoms. The molecule has 5 rings (SSSR count). The number of ether oxygens (including phenoxy) is 1. The SMILES string of the molecule is CCC(=O)c1cccc(-n2c3nc(Nc4ccc5c(c4)CN(C(=O)OC(C)(C)C)CC5)ncc3c(=O)n2CC)n1. The molecule has 0 atom stereocenters. The van der Waals surface area contributed by atoms with Crippen molar-refractivity contribution in [3.05, 3.63) is 69.8 Å². The molecule has 208 valence electrons. The van der Waals surface area contributed by atoms with Crippen LogP contribution in [0.25, 0.3) is 16.9 Å². The quantitative estimate of drug-likeness (QED) is 0.349. The van der Waals surface area contributed by atoms with E-state index in [4.69, 9.17) is 4.74 Å². The Hall–Kier alpha value is -4.54. The Balaban J connectivity index is 1.47. The van der Waals surface area contributed by atoms with Crippen molar-refractivity contribution < 1.29 is 14.3 Å². The maximum absolute atomic E-state index is 13.1. The fraction of sp³-hybridized carbons (Fsp3) is 0.379. The lowest BCUT2D eigenvalue weighted by Gasteiger charge is -2.31. The number of hydrogen-bond donors (Lipinski definition) is 1. The van der Waals surface area contributed by atoms with E-state index >= 15 is 0 Å². The average molecular weight is 544 g/mol. The van der Waals surface area contributed by atoms with Gasteiger partial charge in [0.1, 0.15) is 16.7 Å². The van der Waals surface area contributed by atoms with Crippen molar-refractivity contribution in [2.45, 2.75) is 66.2 Å². The van der Waals surface area contributed by atoms with Gasteiger partial charge in [0.05, 0.1) is 0 Å². The Bertz CT molecular complexity index is 1670. The summed E-state index contributed by atoms with van der Waals surface area (Å²) < 4.78 is 8.70. The molecule has 4 aromatic rings. The summed E-state index contributed by atoms with van der Waals surface area (Å²) in [5, 5.41) is 3.58. The largest absolute Gasteiger partial charge is 0.444 e. The van der Waals surface area contributed by atoms with Crippen LogP contribution in [0.1, 0.15) is 62.7 Å². The number of carbonyl (C=O) groups excluding carboxylic acids is 2. The number of hydrogen-bond acceptors (Lipinski definition) is 8. The fourth-order valence-corrected chi connectivity index (χ4v) is 4.73. The zero-order chi connectivity index (χ0) is 28.6. The van der Waals surface area contributed by atoms with Crippen LogP contribution in [0.2, 0.25) is 0 Å². The van der Waals surface area contributed by atoms with E-state index in [1.54, 1.807) is 34.7 Å². The third kappa shape index (κ3) is 5.31. The highest BCUT2D eigenvalue weighted by Crippen LogP contribution is 2.26. The smallest absolute Gasteiger partial charge is 0.410 e. The van der Waals surface area contributed by atoms with Gasteiger partial charge in [0.2, 0.25) is 5.95 Å². The number of nitrogens with one attached hydrogen (secondary N) is 1. The maximum Gasteiger partial charge on any atom is 0.410 e. The van der Waals surface area contributed by atoms with Crippen molar-refractivity contribution in [2.75, 3.05) is 11.9 Å². The van der Waals surface area contributed by atoms with Crippen molar-refractivity contribution in [2.24, 2.45) is 0 Å². The standard InChI is InChI=1S/C29H33N7O4/c1-6-23(37)22-9-8-10-24(32-22)36-25-21(26(38)35(36)7-2)16-30-27(33-25)31-20-12-11-18-13-14-34(17-19(18)15-20)28(39)40-29(3,4)5/h8-12,15-16H,6-7,13-14,17H2,1-5H3,(H,30,31,33). The molecular weight excluding hydrogens is 510 g/mol. The number of rotatable bonds is 6. The number of fused-ring (bicyclic) bond motifs is 2. The van der Waals surface area contributed by atoms with Gasteiger partial charge in [0.15, 0.2) is 17.2 Å². The van der Waals surface area contributed by atoms with Crippen LogP contribution in [0.4, 0.5) is 16.4 Å². The molecule has 0 saturated carbocycles. The van der Waals surface area contributed by atoms with Crippen LogP contribution in [0, 0.1) is 0 Å². The average Bonchev–Trinajstić information content (AvgIpc) is 3.21. The summed E-state index contributed by atoms with van der Waals surface area (Å²) in [4.78, 5) is 53.3. The third-order valence-corrected chi connectivity index (χ3v) is 6.66. The third-order valence-electron chi connectivity index (χ3n) is 6.66. The topological polar surface area (TPSA) is 124 Å². The predicted molar refractivity (Wildman–Crippen MR) is 151 cm³/mol.